The Hall–Kier alpha value is -2.42. The summed E-state index contributed by atoms with van der Waals surface area (Å²) in [7, 11) is -2.42. The van der Waals surface area contributed by atoms with Gasteiger partial charge in [0.1, 0.15) is 24.3 Å². The molecular formula is C33H50N6O2SSi2. The summed E-state index contributed by atoms with van der Waals surface area (Å²) in [6, 6.07) is 14.9. The second kappa shape index (κ2) is 14.3. The molecule has 0 saturated carbocycles. The molecule has 4 heterocycles. The molecule has 1 N–H and O–H groups in total. The second-order valence-corrected chi connectivity index (χ2v) is 26.7. The van der Waals surface area contributed by atoms with Crippen molar-refractivity contribution >= 4 is 38.9 Å². The lowest BCUT2D eigenvalue weighted by atomic mass is 9.96. The lowest BCUT2D eigenvalue weighted by molar-refractivity contribution is 0.0942. The van der Waals surface area contributed by atoms with Crippen molar-refractivity contribution < 1.29 is 9.47 Å². The van der Waals surface area contributed by atoms with Gasteiger partial charge in [-0.05, 0) is 38.4 Å². The summed E-state index contributed by atoms with van der Waals surface area (Å²) in [5.41, 5.74) is 5.11. The van der Waals surface area contributed by atoms with Crippen LogP contribution in [0.4, 0.5) is 5.82 Å². The van der Waals surface area contributed by atoms with E-state index in [1.807, 2.05) is 16.8 Å². The molecule has 3 aromatic heterocycles. The van der Waals surface area contributed by atoms with Gasteiger partial charge in [-0.1, -0.05) is 69.6 Å². The normalized spacial score (nSPS) is 16.1. The van der Waals surface area contributed by atoms with E-state index in [4.69, 9.17) is 24.5 Å². The molecule has 1 aromatic carbocycles. The van der Waals surface area contributed by atoms with Gasteiger partial charge in [0.15, 0.2) is 5.65 Å². The first-order valence-electron chi connectivity index (χ1n) is 16.0. The van der Waals surface area contributed by atoms with Crippen LogP contribution in [0.1, 0.15) is 30.1 Å². The maximum atomic E-state index is 6.33. The Morgan fingerprint density at radius 1 is 0.977 bits per heavy atom. The number of hydrogen-bond donors (Lipinski definition) is 1. The number of benzene rings is 1. The minimum Gasteiger partial charge on any atom is -0.361 e. The standard InChI is InChI=1S/C33H50N6O2SSi2/c1-25-31(42-33(36-25)26-12-9-8-10-13-26)28-22-35-39-30(20-29(37-32(28)39)27-14-11-15-34-21-27)38(23-40-16-18-43(2,3)4)24-41-17-19-44(5,6)7/h8-10,12-13,20,22,27,34H,11,14-19,21,23-24H2,1-7H3. The van der Waals surface area contributed by atoms with E-state index in [0.717, 1.165) is 95.1 Å². The van der Waals surface area contributed by atoms with Crippen molar-refractivity contribution in [2.24, 2.45) is 0 Å². The Morgan fingerprint density at radius 3 is 2.27 bits per heavy atom. The summed E-state index contributed by atoms with van der Waals surface area (Å²) in [4.78, 5) is 13.6. The highest BCUT2D eigenvalue weighted by Gasteiger charge is 2.25. The highest BCUT2D eigenvalue weighted by atomic mass is 32.1. The predicted octanol–water partition coefficient (Wildman–Crippen LogP) is 7.73. The molecule has 1 fully saturated rings. The molecule has 11 heteroatoms. The van der Waals surface area contributed by atoms with E-state index in [9.17, 15) is 0 Å². The van der Waals surface area contributed by atoms with Crippen molar-refractivity contribution in [3.8, 4) is 21.0 Å². The van der Waals surface area contributed by atoms with Gasteiger partial charge in [0.2, 0.25) is 0 Å². The van der Waals surface area contributed by atoms with E-state index < -0.39 is 16.1 Å². The van der Waals surface area contributed by atoms with E-state index in [2.05, 4.69) is 86.8 Å². The fourth-order valence-electron chi connectivity index (χ4n) is 5.29. The number of thiazole rings is 1. The topological polar surface area (TPSA) is 76.8 Å². The number of piperidine rings is 1. The number of hydrogen-bond acceptors (Lipinski definition) is 8. The summed E-state index contributed by atoms with van der Waals surface area (Å²) in [5, 5.41) is 9.54. The van der Waals surface area contributed by atoms with E-state index in [-0.39, 0.29) is 0 Å². The van der Waals surface area contributed by atoms with E-state index in [0.29, 0.717) is 19.4 Å². The highest BCUT2D eigenvalue weighted by molar-refractivity contribution is 7.18. The molecule has 1 aliphatic rings. The average molecular weight is 651 g/mol. The summed E-state index contributed by atoms with van der Waals surface area (Å²) in [6.07, 6.45) is 4.23. The smallest absolute Gasteiger partial charge is 0.166 e. The second-order valence-electron chi connectivity index (χ2n) is 14.4. The summed E-state index contributed by atoms with van der Waals surface area (Å²) < 4.78 is 14.6. The molecule has 0 bridgehead atoms. The number of nitrogens with zero attached hydrogens (tertiary/aromatic N) is 5. The Labute approximate surface area is 269 Å². The molecule has 0 radical (unpaired) electrons. The van der Waals surface area contributed by atoms with Crippen molar-refractivity contribution in [3.63, 3.8) is 0 Å². The van der Waals surface area contributed by atoms with Gasteiger partial charge in [-0.25, -0.2) is 9.97 Å². The molecule has 0 aliphatic carbocycles. The molecular weight excluding hydrogens is 601 g/mol. The van der Waals surface area contributed by atoms with E-state index in [1.54, 1.807) is 11.3 Å². The fraction of sp³-hybridized carbons (Fsp3) is 0.545. The Bertz CT molecular complexity index is 1480. The Morgan fingerprint density at radius 2 is 1.66 bits per heavy atom. The molecule has 0 spiro atoms. The van der Waals surface area contributed by atoms with Crippen LogP contribution in [0.25, 0.3) is 26.7 Å². The zero-order valence-electron chi connectivity index (χ0n) is 27.7. The van der Waals surface area contributed by atoms with Crippen molar-refractivity contribution in [1.29, 1.82) is 0 Å². The zero-order chi connectivity index (χ0) is 31.3. The molecule has 1 saturated heterocycles. The maximum Gasteiger partial charge on any atom is 0.166 e. The van der Waals surface area contributed by atoms with Crippen LogP contribution in [0.2, 0.25) is 51.4 Å². The Balaban J connectivity index is 1.53. The van der Waals surface area contributed by atoms with Gasteiger partial charge in [-0.15, -0.1) is 11.3 Å². The van der Waals surface area contributed by atoms with Crippen molar-refractivity contribution in [2.45, 2.75) is 77.1 Å². The van der Waals surface area contributed by atoms with Gasteiger partial charge < -0.3 is 19.7 Å². The number of aromatic nitrogens is 4. The first-order valence-corrected chi connectivity index (χ1v) is 24.2. The molecule has 4 aromatic rings. The maximum absolute atomic E-state index is 6.33. The van der Waals surface area contributed by atoms with Gasteiger partial charge in [-0.3, -0.25) is 0 Å². The SMILES string of the molecule is Cc1nc(-c2ccccc2)sc1-c1cnn2c(N(COCC[Si](C)(C)C)COCC[Si](C)(C)C)cc(C3CCCNC3)nc12. The Kier molecular flexibility index (Phi) is 10.7. The summed E-state index contributed by atoms with van der Waals surface area (Å²) in [6.45, 7) is 20.8. The van der Waals surface area contributed by atoms with Crippen LogP contribution in [-0.2, 0) is 9.47 Å². The third kappa shape index (κ3) is 8.64. The first-order chi connectivity index (χ1) is 21.0. The third-order valence-electron chi connectivity index (χ3n) is 8.06. The lowest BCUT2D eigenvalue weighted by Crippen LogP contribution is -2.34. The van der Waals surface area contributed by atoms with Crippen LogP contribution in [0, 0.1) is 6.92 Å². The molecule has 1 aliphatic heterocycles. The van der Waals surface area contributed by atoms with Crippen LogP contribution < -0.4 is 10.2 Å². The van der Waals surface area contributed by atoms with Gasteiger partial charge in [0.05, 0.1) is 28.0 Å². The monoisotopic (exact) mass is 650 g/mol. The molecule has 8 nitrogen and oxygen atoms in total. The predicted molar refractivity (Wildman–Crippen MR) is 190 cm³/mol. The van der Waals surface area contributed by atoms with Crippen LogP contribution in [-0.4, -0.2) is 75.5 Å². The zero-order valence-corrected chi connectivity index (χ0v) is 30.5. The fourth-order valence-corrected chi connectivity index (χ4v) is 7.88. The van der Waals surface area contributed by atoms with Gasteiger partial charge in [0, 0.05) is 53.5 Å². The molecule has 238 valence electrons. The first kappa shape index (κ1) is 33.0. The molecule has 1 atom stereocenters. The largest absolute Gasteiger partial charge is 0.361 e. The van der Waals surface area contributed by atoms with Gasteiger partial charge in [-0.2, -0.15) is 9.61 Å². The van der Waals surface area contributed by atoms with Crippen molar-refractivity contribution in [2.75, 3.05) is 44.7 Å². The number of nitrogens with one attached hydrogen (secondary N) is 1. The number of rotatable bonds is 14. The number of anilines is 1. The summed E-state index contributed by atoms with van der Waals surface area (Å²) >= 11 is 1.71. The number of fused-ring (bicyclic) bond motifs is 1. The van der Waals surface area contributed by atoms with Gasteiger partial charge >= 0.3 is 0 Å². The van der Waals surface area contributed by atoms with Gasteiger partial charge in [0.25, 0.3) is 0 Å². The lowest BCUT2D eigenvalue weighted by Gasteiger charge is -2.28. The minimum absolute atomic E-state index is 0.347. The highest BCUT2D eigenvalue weighted by Crippen LogP contribution is 2.38. The average Bonchev–Trinajstić information content (AvgIpc) is 3.59. The molecule has 1 unspecified atom stereocenters. The third-order valence-corrected chi connectivity index (χ3v) is 12.7. The minimum atomic E-state index is -1.21. The quantitative estimate of drug-likeness (QED) is 0.0851. The number of aryl methyl sites for hydroxylation is 1. The van der Waals surface area contributed by atoms with Crippen LogP contribution in [0.3, 0.4) is 0 Å². The number of ether oxygens (including phenoxy) is 2. The summed E-state index contributed by atoms with van der Waals surface area (Å²) in [5.74, 6) is 1.31. The van der Waals surface area contributed by atoms with E-state index >= 15 is 0 Å². The molecule has 5 rings (SSSR count). The van der Waals surface area contributed by atoms with Crippen molar-refractivity contribution in [3.05, 3.63) is 54.0 Å². The van der Waals surface area contributed by atoms with E-state index in [1.165, 1.54) is 0 Å². The van der Waals surface area contributed by atoms with Crippen LogP contribution >= 0.6 is 11.3 Å². The van der Waals surface area contributed by atoms with Crippen LogP contribution in [0.5, 0.6) is 0 Å². The van der Waals surface area contributed by atoms with Crippen molar-refractivity contribution in [1.82, 2.24) is 24.9 Å². The molecule has 0 amide bonds. The molecule has 44 heavy (non-hydrogen) atoms. The van der Waals surface area contributed by atoms with Crippen LogP contribution in [0.15, 0.2) is 42.6 Å².